The number of aromatic carboxylic acids is 1. The molecule has 7 heteroatoms. The lowest BCUT2D eigenvalue weighted by atomic mass is 10.0. The first kappa shape index (κ1) is 16.2. The quantitative estimate of drug-likeness (QED) is 0.733. The van der Waals surface area contributed by atoms with Crippen LogP contribution < -0.4 is 0 Å². The normalized spacial score (nSPS) is 10.6. The van der Waals surface area contributed by atoms with Crippen molar-refractivity contribution in [3.05, 3.63) is 28.6 Å². The Hall–Kier alpha value is -2.17. The van der Waals surface area contributed by atoms with Gasteiger partial charge in [-0.25, -0.2) is 4.79 Å². The fourth-order valence-electron chi connectivity index (χ4n) is 1.97. The van der Waals surface area contributed by atoms with E-state index in [0.717, 1.165) is 17.4 Å². The first-order valence-corrected chi connectivity index (χ1v) is 8.03. The second kappa shape index (κ2) is 6.30. The molecule has 0 atom stereocenters. The molecule has 0 aliphatic carbocycles. The van der Waals surface area contributed by atoms with Crippen molar-refractivity contribution in [2.75, 3.05) is 0 Å². The molecule has 0 aliphatic rings. The predicted octanol–water partition coefficient (Wildman–Crippen LogP) is 3.90. The Morgan fingerprint density at radius 2 is 1.86 bits per heavy atom. The van der Waals surface area contributed by atoms with Crippen LogP contribution in [0.5, 0.6) is 11.5 Å². The molecule has 22 heavy (non-hydrogen) atoms. The van der Waals surface area contributed by atoms with Crippen molar-refractivity contribution < 1.29 is 20.1 Å². The molecule has 0 spiro atoms. The lowest BCUT2D eigenvalue weighted by Crippen LogP contribution is -1.95. The van der Waals surface area contributed by atoms with Crippen LogP contribution in [0.1, 0.15) is 29.1 Å². The highest BCUT2D eigenvalue weighted by molar-refractivity contribution is 8.01. The van der Waals surface area contributed by atoms with Crippen molar-refractivity contribution >= 4 is 29.1 Å². The molecule has 2 rings (SSSR count). The van der Waals surface area contributed by atoms with Gasteiger partial charge in [-0.3, -0.25) is 0 Å². The van der Waals surface area contributed by atoms with E-state index in [1.165, 1.54) is 23.9 Å². The first-order chi connectivity index (χ1) is 10.3. The Kier molecular flexibility index (Phi) is 4.64. The smallest absolute Gasteiger partial charge is 0.346 e. The van der Waals surface area contributed by atoms with Crippen LogP contribution in [0.4, 0.5) is 0 Å². The molecule has 0 bridgehead atoms. The van der Waals surface area contributed by atoms with Crippen LogP contribution in [-0.4, -0.2) is 26.5 Å². The zero-order valence-electron chi connectivity index (χ0n) is 11.8. The van der Waals surface area contributed by atoms with Gasteiger partial charge in [-0.15, -0.1) is 23.1 Å². The van der Waals surface area contributed by atoms with Crippen LogP contribution in [-0.2, 0) is 0 Å². The number of aromatic hydroxyl groups is 2. The highest BCUT2D eigenvalue weighted by atomic mass is 32.2. The van der Waals surface area contributed by atoms with Crippen molar-refractivity contribution in [2.45, 2.75) is 23.3 Å². The van der Waals surface area contributed by atoms with E-state index in [9.17, 15) is 25.4 Å². The lowest BCUT2D eigenvalue weighted by Gasteiger charge is -2.05. The summed E-state index contributed by atoms with van der Waals surface area (Å²) >= 11 is 2.44. The van der Waals surface area contributed by atoms with Crippen LogP contribution in [0, 0.1) is 11.3 Å². The van der Waals surface area contributed by atoms with Crippen LogP contribution in [0.3, 0.4) is 0 Å². The zero-order valence-corrected chi connectivity index (χ0v) is 13.5. The molecule has 1 aromatic carbocycles. The summed E-state index contributed by atoms with van der Waals surface area (Å²) < 4.78 is 0.618. The summed E-state index contributed by atoms with van der Waals surface area (Å²) in [6, 6.07) is 5.85. The minimum absolute atomic E-state index is 0.0182. The summed E-state index contributed by atoms with van der Waals surface area (Å²) in [6.45, 7) is 3.90. The second-order valence-electron chi connectivity index (χ2n) is 4.79. The number of carbonyl (C=O) groups is 1. The fraction of sp³-hybridized carbons (Fsp3) is 0.200. The number of thioether (sulfide) groups is 1. The van der Waals surface area contributed by atoms with E-state index in [2.05, 4.69) is 0 Å². The molecular formula is C15H13NO4S2. The summed E-state index contributed by atoms with van der Waals surface area (Å²) in [7, 11) is 0. The molecule has 3 N–H and O–H groups in total. The van der Waals surface area contributed by atoms with Crippen molar-refractivity contribution in [2.24, 2.45) is 0 Å². The van der Waals surface area contributed by atoms with Gasteiger partial charge in [0.25, 0.3) is 0 Å². The number of benzene rings is 1. The number of phenols is 2. The van der Waals surface area contributed by atoms with E-state index >= 15 is 0 Å². The third kappa shape index (κ3) is 3.18. The molecule has 0 unspecified atom stereocenters. The number of hydrogen-bond donors (Lipinski definition) is 3. The van der Waals surface area contributed by atoms with Gasteiger partial charge in [0, 0.05) is 16.9 Å². The highest BCUT2D eigenvalue weighted by Gasteiger charge is 2.25. The monoisotopic (exact) mass is 335 g/mol. The van der Waals surface area contributed by atoms with Gasteiger partial charge in [0.05, 0.1) is 9.77 Å². The van der Waals surface area contributed by atoms with Crippen LogP contribution >= 0.6 is 23.1 Å². The van der Waals surface area contributed by atoms with E-state index in [1.807, 2.05) is 19.9 Å². The van der Waals surface area contributed by atoms with E-state index in [1.54, 1.807) is 0 Å². The summed E-state index contributed by atoms with van der Waals surface area (Å²) in [5.41, 5.74) is 0.791. The Bertz CT molecular complexity index is 754. The van der Waals surface area contributed by atoms with Crippen LogP contribution in [0.15, 0.2) is 22.4 Å². The average Bonchev–Trinajstić information content (AvgIpc) is 2.75. The minimum Gasteiger partial charge on any atom is -0.508 e. The molecule has 2 aromatic rings. The highest BCUT2D eigenvalue weighted by Crippen LogP contribution is 2.44. The number of thiophene rings is 1. The molecule has 0 radical (unpaired) electrons. The molecular weight excluding hydrogens is 322 g/mol. The van der Waals surface area contributed by atoms with Crippen LogP contribution in [0.2, 0.25) is 0 Å². The number of hydrogen-bond acceptors (Lipinski definition) is 6. The largest absolute Gasteiger partial charge is 0.508 e. The summed E-state index contributed by atoms with van der Waals surface area (Å²) in [4.78, 5) is 11.5. The van der Waals surface area contributed by atoms with E-state index in [0.29, 0.717) is 9.77 Å². The second-order valence-corrected chi connectivity index (χ2v) is 7.66. The minimum atomic E-state index is -1.14. The van der Waals surface area contributed by atoms with E-state index < -0.39 is 5.97 Å². The third-order valence-corrected chi connectivity index (χ3v) is 5.12. The van der Waals surface area contributed by atoms with Gasteiger partial charge in [-0.2, -0.15) is 5.26 Å². The number of rotatable bonds is 4. The average molecular weight is 335 g/mol. The Balaban J connectivity index is 2.75. The van der Waals surface area contributed by atoms with Crippen LogP contribution in [0.25, 0.3) is 11.1 Å². The zero-order chi connectivity index (χ0) is 16.4. The van der Waals surface area contributed by atoms with Gasteiger partial charge in [-0.1, -0.05) is 13.8 Å². The number of carboxylic acid groups (broad SMARTS) is 1. The standard InChI is InChI=1S/C15H13NO4S2/c1-7(2)21-15-11(6-16)12(13(22-15)14(19)20)8-3-9(17)5-10(18)4-8/h3-5,7,17-18H,1-2H3,(H,19,20). The SMILES string of the molecule is CC(C)Sc1sc(C(=O)O)c(-c2cc(O)cc(O)c2)c1C#N. The van der Waals surface area contributed by atoms with Crippen molar-refractivity contribution in [3.63, 3.8) is 0 Å². The van der Waals surface area contributed by atoms with Crippen molar-refractivity contribution in [3.8, 4) is 28.7 Å². The Morgan fingerprint density at radius 1 is 1.27 bits per heavy atom. The molecule has 1 heterocycles. The predicted molar refractivity (Wildman–Crippen MR) is 85.8 cm³/mol. The molecule has 5 nitrogen and oxygen atoms in total. The Morgan fingerprint density at radius 3 is 2.32 bits per heavy atom. The molecule has 114 valence electrons. The molecule has 0 amide bonds. The Labute approximate surface area is 135 Å². The van der Waals surface area contributed by atoms with Gasteiger partial charge in [0.15, 0.2) is 0 Å². The topological polar surface area (TPSA) is 102 Å². The maximum absolute atomic E-state index is 11.5. The summed E-state index contributed by atoms with van der Waals surface area (Å²) in [6.07, 6.45) is 0. The number of nitrogens with zero attached hydrogens (tertiary/aromatic N) is 1. The number of carboxylic acids is 1. The van der Waals surface area contributed by atoms with E-state index in [4.69, 9.17) is 0 Å². The number of phenolic OH excluding ortho intramolecular Hbond substituents is 2. The maximum atomic E-state index is 11.5. The van der Waals surface area contributed by atoms with Gasteiger partial charge < -0.3 is 15.3 Å². The molecule has 0 aliphatic heterocycles. The van der Waals surface area contributed by atoms with Gasteiger partial charge in [0.1, 0.15) is 22.4 Å². The lowest BCUT2D eigenvalue weighted by molar-refractivity contribution is 0.0703. The summed E-state index contributed by atoms with van der Waals surface area (Å²) in [5.74, 6) is -1.53. The van der Waals surface area contributed by atoms with Gasteiger partial charge in [-0.05, 0) is 17.7 Å². The van der Waals surface area contributed by atoms with Gasteiger partial charge in [0.2, 0.25) is 0 Å². The number of nitriles is 1. The maximum Gasteiger partial charge on any atom is 0.346 e. The summed E-state index contributed by atoms with van der Waals surface area (Å²) in [5, 5.41) is 38.2. The van der Waals surface area contributed by atoms with Crippen molar-refractivity contribution in [1.29, 1.82) is 5.26 Å². The first-order valence-electron chi connectivity index (χ1n) is 6.33. The molecule has 0 saturated heterocycles. The third-order valence-electron chi connectivity index (χ3n) is 2.72. The fourth-order valence-corrected chi connectivity index (χ4v) is 4.53. The van der Waals surface area contributed by atoms with E-state index in [-0.39, 0.29) is 32.8 Å². The van der Waals surface area contributed by atoms with Crippen molar-refractivity contribution in [1.82, 2.24) is 0 Å². The molecule has 0 fully saturated rings. The molecule has 0 saturated carbocycles. The van der Waals surface area contributed by atoms with Gasteiger partial charge >= 0.3 is 5.97 Å². The molecule has 1 aromatic heterocycles.